The number of nitrogens with zero attached hydrogens (tertiary/aromatic N) is 2. The van der Waals surface area contributed by atoms with Crippen LogP contribution in [0.2, 0.25) is 0 Å². The molecule has 1 fully saturated rings. The molecule has 0 N–H and O–H groups in total. The van der Waals surface area contributed by atoms with Crippen molar-refractivity contribution in [3.63, 3.8) is 0 Å². The number of aromatic nitrogens is 1. The molecular weight excluding hydrogens is 164 g/mol. The molecule has 0 aromatic carbocycles. The van der Waals surface area contributed by atoms with Crippen LogP contribution in [0.25, 0.3) is 0 Å². The Kier molecular flexibility index (Phi) is 2.57. The van der Waals surface area contributed by atoms with Crippen molar-refractivity contribution in [3.05, 3.63) is 30.1 Å². The average molecular weight is 178 g/mol. The minimum Gasteiger partial charge on any atom is -0.291 e. The maximum absolute atomic E-state index is 5.67. The molecule has 0 radical (unpaired) electrons. The first kappa shape index (κ1) is 8.66. The fraction of sp³-hybridized carbons (Fsp3) is 0.500. The molecule has 1 aromatic heterocycles. The molecule has 3 heteroatoms. The van der Waals surface area contributed by atoms with Crippen LogP contribution >= 0.6 is 0 Å². The quantitative estimate of drug-likeness (QED) is 0.655. The zero-order chi connectivity index (χ0) is 9.10. The highest BCUT2D eigenvalue weighted by molar-refractivity contribution is 5.12. The second kappa shape index (κ2) is 3.85. The van der Waals surface area contributed by atoms with Crippen molar-refractivity contribution in [2.45, 2.75) is 18.9 Å². The molecule has 1 saturated heterocycles. The minimum absolute atomic E-state index is 0.201. The molecule has 0 aliphatic carbocycles. The first-order valence-electron chi connectivity index (χ1n) is 4.64. The first-order chi connectivity index (χ1) is 6.36. The van der Waals surface area contributed by atoms with E-state index in [1.807, 2.05) is 24.4 Å². The summed E-state index contributed by atoms with van der Waals surface area (Å²) in [6.45, 7) is 1.02. The van der Waals surface area contributed by atoms with E-state index in [0.29, 0.717) is 0 Å². The van der Waals surface area contributed by atoms with E-state index >= 15 is 0 Å². The van der Waals surface area contributed by atoms with E-state index in [1.165, 1.54) is 12.0 Å². The molecule has 2 rings (SSSR count). The highest BCUT2D eigenvalue weighted by Gasteiger charge is 2.19. The molecule has 1 atom stereocenters. The predicted octanol–water partition coefficient (Wildman–Crippen LogP) is 1.78. The third-order valence-electron chi connectivity index (χ3n) is 2.30. The van der Waals surface area contributed by atoms with Crippen LogP contribution in [0.1, 0.15) is 24.5 Å². The van der Waals surface area contributed by atoms with Gasteiger partial charge in [-0.1, -0.05) is 6.07 Å². The second-order valence-corrected chi connectivity index (χ2v) is 3.37. The fourth-order valence-electron chi connectivity index (χ4n) is 1.62. The molecule has 3 nitrogen and oxygen atoms in total. The van der Waals surface area contributed by atoms with Gasteiger partial charge in [0.1, 0.15) is 6.10 Å². The van der Waals surface area contributed by atoms with Crippen molar-refractivity contribution in [2.24, 2.45) is 0 Å². The Morgan fingerprint density at radius 2 is 2.54 bits per heavy atom. The van der Waals surface area contributed by atoms with Gasteiger partial charge in [0.2, 0.25) is 0 Å². The Hall–Kier alpha value is -0.930. The van der Waals surface area contributed by atoms with Gasteiger partial charge in [-0.3, -0.25) is 9.82 Å². The first-order valence-corrected chi connectivity index (χ1v) is 4.64. The van der Waals surface area contributed by atoms with Crippen molar-refractivity contribution in [2.75, 3.05) is 13.6 Å². The van der Waals surface area contributed by atoms with Crippen molar-refractivity contribution < 1.29 is 4.84 Å². The van der Waals surface area contributed by atoms with Gasteiger partial charge in [0.25, 0.3) is 0 Å². The summed E-state index contributed by atoms with van der Waals surface area (Å²) in [5, 5.41) is 1.90. The van der Waals surface area contributed by atoms with Crippen LogP contribution in [-0.2, 0) is 4.84 Å². The Morgan fingerprint density at radius 1 is 1.62 bits per heavy atom. The maximum Gasteiger partial charge on any atom is 0.106 e. The van der Waals surface area contributed by atoms with E-state index in [9.17, 15) is 0 Å². The molecule has 2 heterocycles. The van der Waals surface area contributed by atoms with Gasteiger partial charge in [-0.15, -0.1) is 0 Å². The van der Waals surface area contributed by atoms with Gasteiger partial charge >= 0.3 is 0 Å². The molecule has 0 spiro atoms. The molecule has 13 heavy (non-hydrogen) atoms. The number of pyridine rings is 1. The van der Waals surface area contributed by atoms with Crippen molar-refractivity contribution in [1.82, 2.24) is 10.0 Å². The van der Waals surface area contributed by atoms with Gasteiger partial charge in [-0.25, -0.2) is 0 Å². The van der Waals surface area contributed by atoms with Gasteiger partial charge in [0, 0.05) is 31.5 Å². The van der Waals surface area contributed by atoms with E-state index in [4.69, 9.17) is 4.84 Å². The largest absolute Gasteiger partial charge is 0.291 e. The fourth-order valence-corrected chi connectivity index (χ4v) is 1.62. The minimum atomic E-state index is 0.201. The SMILES string of the molecule is CN1CCC[C@@H](c2cccnc2)O1. The lowest BCUT2D eigenvalue weighted by molar-refractivity contribution is -0.208. The lowest BCUT2D eigenvalue weighted by Crippen LogP contribution is -2.28. The Labute approximate surface area is 78.3 Å². The summed E-state index contributed by atoms with van der Waals surface area (Å²) < 4.78 is 0. The van der Waals surface area contributed by atoms with E-state index in [0.717, 1.165) is 13.0 Å². The Bertz CT molecular complexity index is 263. The summed E-state index contributed by atoms with van der Waals surface area (Å²) in [5.74, 6) is 0. The van der Waals surface area contributed by atoms with E-state index in [2.05, 4.69) is 11.1 Å². The summed E-state index contributed by atoms with van der Waals surface area (Å²) in [6, 6.07) is 4.02. The molecule has 1 aromatic rings. The molecule has 0 amide bonds. The molecule has 1 aliphatic heterocycles. The van der Waals surface area contributed by atoms with E-state index < -0.39 is 0 Å². The molecule has 70 valence electrons. The monoisotopic (exact) mass is 178 g/mol. The molecule has 1 aliphatic rings. The summed E-state index contributed by atoms with van der Waals surface area (Å²) in [5.41, 5.74) is 1.18. The molecule has 0 bridgehead atoms. The number of hydroxylamine groups is 2. The number of hydrogen-bond acceptors (Lipinski definition) is 3. The van der Waals surface area contributed by atoms with Gasteiger partial charge in [0.05, 0.1) is 0 Å². The summed E-state index contributed by atoms with van der Waals surface area (Å²) >= 11 is 0. The van der Waals surface area contributed by atoms with Crippen LogP contribution in [0.15, 0.2) is 24.5 Å². The standard InChI is InChI=1S/C10H14N2O/c1-12-7-3-5-10(13-12)9-4-2-6-11-8-9/h2,4,6,8,10H,3,5,7H2,1H3/t10-/m0/s1. The van der Waals surface area contributed by atoms with Crippen LogP contribution in [0.3, 0.4) is 0 Å². The van der Waals surface area contributed by atoms with Gasteiger partial charge in [0.15, 0.2) is 0 Å². The third-order valence-corrected chi connectivity index (χ3v) is 2.30. The van der Waals surface area contributed by atoms with Crippen molar-refractivity contribution in [1.29, 1.82) is 0 Å². The smallest absolute Gasteiger partial charge is 0.106 e. The van der Waals surface area contributed by atoms with Crippen LogP contribution in [-0.4, -0.2) is 23.6 Å². The van der Waals surface area contributed by atoms with E-state index in [1.54, 1.807) is 6.20 Å². The number of hydrogen-bond donors (Lipinski definition) is 0. The highest BCUT2D eigenvalue weighted by Crippen LogP contribution is 2.26. The van der Waals surface area contributed by atoms with Gasteiger partial charge < -0.3 is 0 Å². The summed E-state index contributed by atoms with van der Waals surface area (Å²) in [7, 11) is 1.97. The van der Waals surface area contributed by atoms with Crippen molar-refractivity contribution in [3.8, 4) is 0 Å². The zero-order valence-corrected chi connectivity index (χ0v) is 7.81. The van der Waals surface area contributed by atoms with Crippen LogP contribution in [0, 0.1) is 0 Å². The Balaban J connectivity index is 2.08. The molecular formula is C10H14N2O. The zero-order valence-electron chi connectivity index (χ0n) is 7.81. The Morgan fingerprint density at radius 3 is 3.23 bits per heavy atom. The van der Waals surface area contributed by atoms with Crippen LogP contribution in [0.4, 0.5) is 0 Å². The third kappa shape index (κ3) is 2.05. The predicted molar refractivity (Wildman–Crippen MR) is 49.9 cm³/mol. The maximum atomic E-state index is 5.67. The molecule has 0 saturated carbocycles. The highest BCUT2D eigenvalue weighted by atomic mass is 16.7. The average Bonchev–Trinajstić information content (AvgIpc) is 2.19. The summed E-state index contributed by atoms with van der Waals surface area (Å²) in [4.78, 5) is 9.75. The summed E-state index contributed by atoms with van der Waals surface area (Å²) in [6.07, 6.45) is 6.15. The molecule has 0 unspecified atom stereocenters. The lowest BCUT2D eigenvalue weighted by Gasteiger charge is -2.29. The van der Waals surface area contributed by atoms with Crippen LogP contribution < -0.4 is 0 Å². The van der Waals surface area contributed by atoms with E-state index in [-0.39, 0.29) is 6.10 Å². The van der Waals surface area contributed by atoms with Crippen LogP contribution in [0.5, 0.6) is 0 Å². The lowest BCUT2D eigenvalue weighted by atomic mass is 10.1. The topological polar surface area (TPSA) is 25.4 Å². The normalized spacial score (nSPS) is 24.5. The van der Waals surface area contributed by atoms with Gasteiger partial charge in [-0.05, 0) is 18.9 Å². The van der Waals surface area contributed by atoms with Gasteiger partial charge in [-0.2, -0.15) is 5.06 Å². The van der Waals surface area contributed by atoms with Crippen molar-refractivity contribution >= 4 is 0 Å². The number of rotatable bonds is 1. The second-order valence-electron chi connectivity index (χ2n) is 3.37.